The van der Waals surface area contributed by atoms with E-state index in [9.17, 15) is 9.59 Å². The van der Waals surface area contributed by atoms with Crippen molar-refractivity contribution in [2.45, 2.75) is 39.7 Å². The molecule has 0 aromatic carbocycles. The highest BCUT2D eigenvalue weighted by atomic mass is 16.2. The first-order valence-corrected chi connectivity index (χ1v) is 8.12. The van der Waals surface area contributed by atoms with Crippen molar-refractivity contribution in [3.63, 3.8) is 0 Å². The lowest BCUT2D eigenvalue weighted by Crippen LogP contribution is -2.35. The summed E-state index contributed by atoms with van der Waals surface area (Å²) in [5, 5.41) is 2.91. The van der Waals surface area contributed by atoms with Crippen LogP contribution in [0.4, 0.5) is 0 Å². The highest BCUT2D eigenvalue weighted by Gasteiger charge is 2.49. The monoisotopic (exact) mass is 303 g/mol. The van der Waals surface area contributed by atoms with Crippen molar-refractivity contribution in [3.8, 4) is 0 Å². The smallest absolute Gasteiger partial charge is 0.226 e. The first kappa shape index (κ1) is 16.5. The van der Waals surface area contributed by atoms with Gasteiger partial charge in [-0.15, -0.1) is 0 Å². The van der Waals surface area contributed by atoms with Gasteiger partial charge in [-0.05, 0) is 37.0 Å². The Morgan fingerprint density at radius 3 is 2.41 bits per heavy atom. The van der Waals surface area contributed by atoms with Crippen LogP contribution in [0.2, 0.25) is 0 Å². The third kappa shape index (κ3) is 4.29. The van der Waals surface area contributed by atoms with Crippen LogP contribution in [0.25, 0.3) is 0 Å². The summed E-state index contributed by atoms with van der Waals surface area (Å²) >= 11 is 0. The zero-order chi connectivity index (χ0) is 15.9. The fourth-order valence-electron chi connectivity index (χ4n) is 2.69. The standard InChI is InChI=1S/C17H25N3O2/c1-3-9-20(10-4-2)17(22)15-11-14(15)16(21)19-12-13-5-7-18-8-6-13/h5-8,14-15H,3-4,9-12H2,1-2H3,(H,19,21). The van der Waals surface area contributed by atoms with E-state index >= 15 is 0 Å². The molecule has 0 bridgehead atoms. The van der Waals surface area contributed by atoms with Gasteiger partial charge in [0.1, 0.15) is 0 Å². The van der Waals surface area contributed by atoms with Gasteiger partial charge in [0.15, 0.2) is 0 Å². The number of nitrogens with one attached hydrogen (secondary N) is 1. The van der Waals surface area contributed by atoms with Gasteiger partial charge in [-0.2, -0.15) is 0 Å². The van der Waals surface area contributed by atoms with Crippen LogP contribution in [-0.4, -0.2) is 34.8 Å². The molecule has 22 heavy (non-hydrogen) atoms. The Bertz CT molecular complexity index is 498. The molecular weight excluding hydrogens is 278 g/mol. The summed E-state index contributed by atoms with van der Waals surface area (Å²) in [4.78, 5) is 30.4. The van der Waals surface area contributed by atoms with Gasteiger partial charge >= 0.3 is 0 Å². The SMILES string of the molecule is CCCN(CCC)C(=O)C1CC1C(=O)NCc1ccncc1. The molecule has 2 amide bonds. The molecule has 2 rings (SSSR count). The molecule has 1 fully saturated rings. The lowest BCUT2D eigenvalue weighted by atomic mass is 10.2. The Morgan fingerprint density at radius 1 is 1.18 bits per heavy atom. The number of nitrogens with zero attached hydrogens (tertiary/aromatic N) is 2. The maximum absolute atomic E-state index is 12.4. The maximum atomic E-state index is 12.4. The molecule has 1 heterocycles. The summed E-state index contributed by atoms with van der Waals surface area (Å²) in [6.07, 6.45) is 6.01. The Labute approximate surface area is 132 Å². The van der Waals surface area contributed by atoms with Crippen LogP contribution in [0.3, 0.4) is 0 Å². The van der Waals surface area contributed by atoms with Crippen LogP contribution in [0, 0.1) is 11.8 Å². The average molecular weight is 303 g/mol. The second-order valence-electron chi connectivity index (χ2n) is 5.85. The number of aromatic nitrogens is 1. The predicted octanol–water partition coefficient (Wildman–Crippen LogP) is 1.98. The van der Waals surface area contributed by atoms with E-state index in [4.69, 9.17) is 0 Å². The molecule has 1 aliphatic carbocycles. The molecule has 5 heteroatoms. The number of hydrogen-bond donors (Lipinski definition) is 1. The normalized spacial score (nSPS) is 19.5. The van der Waals surface area contributed by atoms with Crippen molar-refractivity contribution >= 4 is 11.8 Å². The van der Waals surface area contributed by atoms with Gasteiger partial charge in [0, 0.05) is 32.0 Å². The average Bonchev–Trinajstić information content (AvgIpc) is 3.33. The van der Waals surface area contributed by atoms with Gasteiger partial charge in [-0.1, -0.05) is 13.8 Å². The van der Waals surface area contributed by atoms with Crippen molar-refractivity contribution in [2.75, 3.05) is 13.1 Å². The summed E-state index contributed by atoms with van der Waals surface area (Å²) in [6.45, 7) is 6.21. The fourth-order valence-corrected chi connectivity index (χ4v) is 2.69. The number of rotatable bonds is 8. The number of carbonyl (C=O) groups is 2. The van der Waals surface area contributed by atoms with E-state index in [2.05, 4.69) is 24.1 Å². The van der Waals surface area contributed by atoms with Crippen molar-refractivity contribution < 1.29 is 9.59 Å². The predicted molar refractivity (Wildman–Crippen MR) is 84.8 cm³/mol. The summed E-state index contributed by atoms with van der Waals surface area (Å²) < 4.78 is 0. The first-order valence-electron chi connectivity index (χ1n) is 8.12. The zero-order valence-corrected chi connectivity index (χ0v) is 13.4. The number of hydrogen-bond acceptors (Lipinski definition) is 3. The lowest BCUT2D eigenvalue weighted by Gasteiger charge is -2.21. The minimum atomic E-state index is -0.148. The Morgan fingerprint density at radius 2 is 1.82 bits per heavy atom. The molecule has 1 saturated carbocycles. The van der Waals surface area contributed by atoms with E-state index in [1.54, 1.807) is 12.4 Å². The maximum Gasteiger partial charge on any atom is 0.226 e. The van der Waals surface area contributed by atoms with E-state index in [-0.39, 0.29) is 23.7 Å². The van der Waals surface area contributed by atoms with Gasteiger partial charge < -0.3 is 10.2 Å². The van der Waals surface area contributed by atoms with Gasteiger partial charge in [0.2, 0.25) is 11.8 Å². The van der Waals surface area contributed by atoms with E-state index < -0.39 is 0 Å². The quantitative estimate of drug-likeness (QED) is 0.799. The molecule has 0 spiro atoms. The molecule has 0 radical (unpaired) electrons. The Kier molecular flexibility index (Phi) is 5.92. The van der Waals surface area contributed by atoms with Crippen LogP contribution >= 0.6 is 0 Å². The van der Waals surface area contributed by atoms with Crippen molar-refractivity contribution in [1.82, 2.24) is 15.2 Å². The molecule has 0 saturated heterocycles. The second kappa shape index (κ2) is 7.92. The lowest BCUT2D eigenvalue weighted by molar-refractivity contribution is -0.134. The Hall–Kier alpha value is -1.91. The molecule has 120 valence electrons. The second-order valence-corrected chi connectivity index (χ2v) is 5.85. The molecule has 2 unspecified atom stereocenters. The van der Waals surface area contributed by atoms with Crippen LogP contribution in [0.1, 0.15) is 38.7 Å². The van der Waals surface area contributed by atoms with Crippen LogP contribution in [0.15, 0.2) is 24.5 Å². The number of amides is 2. The van der Waals surface area contributed by atoms with E-state index in [1.165, 1.54) is 0 Å². The van der Waals surface area contributed by atoms with Gasteiger partial charge in [-0.25, -0.2) is 0 Å². The number of carbonyl (C=O) groups excluding carboxylic acids is 2. The highest BCUT2D eigenvalue weighted by Crippen LogP contribution is 2.40. The molecule has 1 N–H and O–H groups in total. The van der Waals surface area contributed by atoms with Crippen LogP contribution in [-0.2, 0) is 16.1 Å². The van der Waals surface area contributed by atoms with Gasteiger partial charge in [0.25, 0.3) is 0 Å². The van der Waals surface area contributed by atoms with Crippen molar-refractivity contribution in [3.05, 3.63) is 30.1 Å². The minimum Gasteiger partial charge on any atom is -0.352 e. The summed E-state index contributed by atoms with van der Waals surface area (Å²) in [5.74, 6) is -0.128. The zero-order valence-electron chi connectivity index (χ0n) is 13.4. The van der Waals surface area contributed by atoms with E-state index in [1.807, 2.05) is 17.0 Å². The van der Waals surface area contributed by atoms with Crippen LogP contribution < -0.4 is 5.32 Å². The molecule has 1 aromatic rings. The third-order valence-corrected chi connectivity index (χ3v) is 3.96. The fraction of sp³-hybridized carbons (Fsp3) is 0.588. The molecule has 2 atom stereocenters. The Balaban J connectivity index is 1.80. The topological polar surface area (TPSA) is 62.3 Å². The van der Waals surface area contributed by atoms with Crippen molar-refractivity contribution in [1.29, 1.82) is 0 Å². The summed E-state index contributed by atoms with van der Waals surface area (Å²) in [7, 11) is 0. The van der Waals surface area contributed by atoms with Gasteiger partial charge in [-0.3, -0.25) is 14.6 Å². The van der Waals surface area contributed by atoms with E-state index in [0.29, 0.717) is 13.0 Å². The number of pyridine rings is 1. The summed E-state index contributed by atoms with van der Waals surface area (Å²) in [6, 6.07) is 3.75. The molecule has 0 aliphatic heterocycles. The van der Waals surface area contributed by atoms with Crippen LogP contribution in [0.5, 0.6) is 0 Å². The van der Waals surface area contributed by atoms with Crippen molar-refractivity contribution in [2.24, 2.45) is 11.8 Å². The first-order chi connectivity index (χ1) is 10.7. The minimum absolute atomic E-state index is 0.0110. The largest absolute Gasteiger partial charge is 0.352 e. The molecule has 1 aromatic heterocycles. The molecular formula is C17H25N3O2. The summed E-state index contributed by atoms with van der Waals surface area (Å²) in [5.41, 5.74) is 1.02. The van der Waals surface area contributed by atoms with E-state index in [0.717, 1.165) is 31.5 Å². The van der Waals surface area contributed by atoms with Gasteiger partial charge in [0.05, 0.1) is 11.8 Å². The highest BCUT2D eigenvalue weighted by molar-refractivity contribution is 5.92. The molecule has 5 nitrogen and oxygen atoms in total. The molecule has 1 aliphatic rings. The third-order valence-electron chi connectivity index (χ3n) is 3.96.